The molecule has 180 valence electrons. The van der Waals surface area contributed by atoms with Crippen molar-refractivity contribution >= 4 is 60.8 Å². The lowest BCUT2D eigenvalue weighted by atomic mass is 9.97. The topological polar surface area (TPSA) is 118 Å². The number of amides is 1. The third-order valence-electron chi connectivity index (χ3n) is 6.23. The largest absolute Gasteiger partial charge is 0.383 e. The SMILES string of the molecule is Nc1nc(SCC(=O)Nc2cccc(S(=O)(=O)N3CCCCC3)c2)nc2sc3c(c12)CCCC3. The van der Waals surface area contributed by atoms with Crippen LogP contribution in [0.15, 0.2) is 34.3 Å². The van der Waals surface area contributed by atoms with Gasteiger partial charge in [-0.1, -0.05) is 24.2 Å². The van der Waals surface area contributed by atoms with E-state index >= 15 is 0 Å². The Bertz CT molecular complexity index is 1330. The predicted molar refractivity (Wildman–Crippen MR) is 137 cm³/mol. The van der Waals surface area contributed by atoms with Crippen LogP contribution in [-0.4, -0.2) is 47.4 Å². The van der Waals surface area contributed by atoms with Crippen LogP contribution in [0.25, 0.3) is 10.2 Å². The van der Waals surface area contributed by atoms with E-state index in [9.17, 15) is 13.2 Å². The Hall–Kier alpha value is -2.21. The van der Waals surface area contributed by atoms with Gasteiger partial charge >= 0.3 is 0 Å². The van der Waals surface area contributed by atoms with Crippen molar-refractivity contribution in [1.29, 1.82) is 0 Å². The summed E-state index contributed by atoms with van der Waals surface area (Å²) >= 11 is 2.90. The van der Waals surface area contributed by atoms with Crippen molar-refractivity contribution in [2.45, 2.75) is 55.0 Å². The summed E-state index contributed by atoms with van der Waals surface area (Å²) in [5.74, 6) is 0.312. The minimum absolute atomic E-state index is 0.0964. The van der Waals surface area contributed by atoms with Crippen molar-refractivity contribution in [3.05, 3.63) is 34.7 Å². The van der Waals surface area contributed by atoms with Crippen molar-refractivity contribution < 1.29 is 13.2 Å². The van der Waals surface area contributed by atoms with Gasteiger partial charge in [0.15, 0.2) is 5.16 Å². The number of thiophene rings is 1. The van der Waals surface area contributed by atoms with Crippen LogP contribution in [0.2, 0.25) is 0 Å². The minimum Gasteiger partial charge on any atom is -0.383 e. The van der Waals surface area contributed by atoms with E-state index in [1.165, 1.54) is 39.0 Å². The summed E-state index contributed by atoms with van der Waals surface area (Å²) in [5.41, 5.74) is 7.99. The summed E-state index contributed by atoms with van der Waals surface area (Å²) in [6.07, 6.45) is 7.23. The first kappa shape index (κ1) is 23.5. The number of nitrogens with two attached hydrogens (primary N) is 1. The fourth-order valence-corrected chi connectivity index (χ4v) is 8.09. The molecule has 1 saturated heterocycles. The van der Waals surface area contributed by atoms with Crippen LogP contribution in [0.4, 0.5) is 11.5 Å². The normalized spacial score (nSPS) is 16.9. The number of carbonyl (C=O) groups is 1. The summed E-state index contributed by atoms with van der Waals surface area (Å²) < 4.78 is 27.4. The first-order valence-electron chi connectivity index (χ1n) is 11.5. The second kappa shape index (κ2) is 9.80. The number of hydrogen-bond acceptors (Lipinski definition) is 8. The molecule has 3 N–H and O–H groups in total. The zero-order chi connectivity index (χ0) is 23.7. The Morgan fingerprint density at radius 2 is 1.91 bits per heavy atom. The van der Waals surface area contributed by atoms with Gasteiger partial charge in [0.2, 0.25) is 15.9 Å². The fraction of sp³-hybridized carbons (Fsp3) is 0.435. The van der Waals surface area contributed by atoms with Crippen molar-refractivity contribution in [1.82, 2.24) is 14.3 Å². The number of aromatic nitrogens is 2. The number of carbonyl (C=O) groups excluding carboxylic acids is 1. The summed E-state index contributed by atoms with van der Waals surface area (Å²) in [7, 11) is -3.56. The molecule has 2 aromatic heterocycles. The van der Waals surface area contributed by atoms with Gasteiger partial charge in [-0.2, -0.15) is 4.31 Å². The lowest BCUT2D eigenvalue weighted by molar-refractivity contribution is -0.113. The van der Waals surface area contributed by atoms with Gasteiger partial charge in [-0.15, -0.1) is 11.3 Å². The quantitative estimate of drug-likeness (QED) is 0.374. The van der Waals surface area contributed by atoms with E-state index in [1.807, 2.05) is 0 Å². The molecule has 5 rings (SSSR count). The maximum Gasteiger partial charge on any atom is 0.243 e. The lowest BCUT2D eigenvalue weighted by Crippen LogP contribution is -2.35. The number of nitrogens with zero attached hydrogens (tertiary/aromatic N) is 3. The average molecular weight is 518 g/mol. The number of aryl methyl sites for hydroxylation is 2. The average Bonchev–Trinajstić information content (AvgIpc) is 3.22. The predicted octanol–water partition coefficient (Wildman–Crippen LogP) is 4.06. The Kier molecular flexibility index (Phi) is 6.79. The number of rotatable bonds is 6. The number of piperidine rings is 1. The van der Waals surface area contributed by atoms with Crippen LogP contribution >= 0.6 is 23.1 Å². The zero-order valence-corrected chi connectivity index (χ0v) is 21.2. The molecule has 0 spiro atoms. The first-order valence-corrected chi connectivity index (χ1v) is 14.8. The molecule has 3 heterocycles. The second-order valence-corrected chi connectivity index (χ2v) is 12.6. The molecule has 1 aliphatic heterocycles. The number of fused-ring (bicyclic) bond motifs is 3. The highest BCUT2D eigenvalue weighted by molar-refractivity contribution is 7.99. The highest BCUT2D eigenvalue weighted by Gasteiger charge is 2.26. The molecule has 0 unspecified atom stereocenters. The fourth-order valence-electron chi connectivity index (χ4n) is 4.55. The second-order valence-electron chi connectivity index (χ2n) is 8.61. The number of thioether (sulfide) groups is 1. The number of benzene rings is 1. The Morgan fingerprint density at radius 1 is 1.12 bits per heavy atom. The van der Waals surface area contributed by atoms with Gasteiger partial charge in [0, 0.05) is 23.7 Å². The van der Waals surface area contributed by atoms with Crippen molar-refractivity contribution in [3.8, 4) is 0 Å². The van der Waals surface area contributed by atoms with E-state index in [4.69, 9.17) is 5.73 Å². The Morgan fingerprint density at radius 3 is 2.74 bits per heavy atom. The van der Waals surface area contributed by atoms with Crippen LogP contribution < -0.4 is 11.1 Å². The molecule has 1 amide bonds. The van der Waals surface area contributed by atoms with Gasteiger partial charge in [0.05, 0.1) is 16.0 Å². The van der Waals surface area contributed by atoms with Crippen molar-refractivity contribution in [2.24, 2.45) is 0 Å². The summed E-state index contributed by atoms with van der Waals surface area (Å²) in [6.45, 7) is 1.08. The van der Waals surface area contributed by atoms with Gasteiger partial charge in [-0.3, -0.25) is 4.79 Å². The Balaban J connectivity index is 1.25. The number of hydrogen-bond donors (Lipinski definition) is 2. The molecular weight excluding hydrogens is 490 g/mol. The molecule has 0 atom stereocenters. The van der Waals surface area contributed by atoms with Gasteiger partial charge < -0.3 is 11.1 Å². The third-order valence-corrected chi connectivity index (χ3v) is 10.2. The number of sulfonamides is 1. The Labute approximate surface area is 207 Å². The van der Waals surface area contributed by atoms with Crippen LogP contribution in [0, 0.1) is 0 Å². The van der Waals surface area contributed by atoms with Crippen LogP contribution in [0.3, 0.4) is 0 Å². The number of nitrogens with one attached hydrogen (secondary N) is 1. The molecule has 1 aliphatic carbocycles. The van der Waals surface area contributed by atoms with Crippen LogP contribution in [0.5, 0.6) is 0 Å². The molecule has 11 heteroatoms. The van der Waals surface area contributed by atoms with Gasteiger partial charge in [0.1, 0.15) is 10.6 Å². The van der Waals surface area contributed by atoms with E-state index in [0.717, 1.165) is 48.7 Å². The highest BCUT2D eigenvalue weighted by atomic mass is 32.2. The third kappa shape index (κ3) is 4.79. The summed E-state index contributed by atoms with van der Waals surface area (Å²) in [6, 6.07) is 6.43. The van der Waals surface area contributed by atoms with Crippen molar-refractivity contribution in [2.75, 3.05) is 29.9 Å². The van der Waals surface area contributed by atoms with E-state index in [0.29, 0.717) is 29.8 Å². The first-order chi connectivity index (χ1) is 16.4. The molecule has 34 heavy (non-hydrogen) atoms. The smallest absolute Gasteiger partial charge is 0.243 e. The molecule has 1 aromatic carbocycles. The summed E-state index contributed by atoms with van der Waals surface area (Å²) in [5, 5.41) is 4.24. The molecule has 2 aliphatic rings. The van der Waals surface area contributed by atoms with Crippen LogP contribution in [0.1, 0.15) is 42.5 Å². The number of anilines is 2. The van der Waals surface area contributed by atoms with Gasteiger partial charge in [-0.05, 0) is 62.3 Å². The molecule has 8 nitrogen and oxygen atoms in total. The van der Waals surface area contributed by atoms with Gasteiger partial charge in [-0.25, -0.2) is 18.4 Å². The summed E-state index contributed by atoms with van der Waals surface area (Å²) in [4.78, 5) is 24.1. The lowest BCUT2D eigenvalue weighted by Gasteiger charge is -2.26. The molecule has 0 bridgehead atoms. The zero-order valence-electron chi connectivity index (χ0n) is 18.7. The molecule has 0 radical (unpaired) electrons. The molecule has 0 saturated carbocycles. The monoisotopic (exact) mass is 517 g/mol. The minimum atomic E-state index is -3.56. The van der Waals surface area contributed by atoms with Gasteiger partial charge in [0.25, 0.3) is 0 Å². The van der Waals surface area contributed by atoms with E-state index in [1.54, 1.807) is 29.5 Å². The molecule has 3 aromatic rings. The standard InChI is InChI=1S/C23H27N5O3S3/c24-21-20-17-9-2-3-10-18(17)33-22(20)27-23(26-21)32-14-19(29)25-15-7-6-8-16(13-15)34(30,31)28-11-4-1-5-12-28/h6-8,13H,1-5,9-12,14H2,(H,25,29)(H2,24,26,27). The molecular formula is C23H27N5O3S3. The van der Waals surface area contributed by atoms with E-state index in [2.05, 4.69) is 15.3 Å². The number of nitrogen functional groups attached to an aromatic ring is 1. The molecule has 1 fully saturated rings. The van der Waals surface area contributed by atoms with Crippen molar-refractivity contribution in [3.63, 3.8) is 0 Å². The van der Waals surface area contributed by atoms with Crippen LogP contribution in [-0.2, 0) is 27.7 Å². The maximum absolute atomic E-state index is 12.9. The van der Waals surface area contributed by atoms with E-state index < -0.39 is 10.0 Å². The maximum atomic E-state index is 12.9. The highest BCUT2D eigenvalue weighted by Crippen LogP contribution is 2.38. The van der Waals surface area contributed by atoms with E-state index in [-0.39, 0.29) is 16.6 Å².